The van der Waals surface area contributed by atoms with Gasteiger partial charge in [-0.1, -0.05) is 72.3 Å². The molecule has 0 heterocycles. The molecule has 5 rings (SSSR count). The molecule has 0 aromatic heterocycles. The van der Waals surface area contributed by atoms with Crippen LogP contribution in [0.3, 0.4) is 0 Å². The van der Waals surface area contributed by atoms with E-state index in [2.05, 4.69) is 26.5 Å². The lowest BCUT2D eigenvalue weighted by molar-refractivity contribution is 0.0955. The van der Waals surface area contributed by atoms with Crippen LogP contribution in [-0.2, 0) is 23.2 Å². The molecule has 0 unspecified atom stereocenters. The highest BCUT2D eigenvalue weighted by atomic mass is 79.9. The van der Waals surface area contributed by atoms with Crippen LogP contribution in [0.5, 0.6) is 17.2 Å². The topological polar surface area (TPSA) is 107 Å². The number of ether oxygens (including phenoxy) is 3. The molecule has 5 aromatic carbocycles. The molecule has 0 aliphatic carbocycles. The van der Waals surface area contributed by atoms with E-state index < -0.39 is 15.9 Å². The number of nitrogens with one attached hydrogen (secondary N) is 1. The van der Waals surface area contributed by atoms with E-state index in [1.54, 1.807) is 54.6 Å². The largest absolute Gasteiger partial charge is 0.497 e. The van der Waals surface area contributed by atoms with E-state index in [0.29, 0.717) is 32.3 Å². The summed E-state index contributed by atoms with van der Waals surface area (Å²) in [5.41, 5.74) is 4.99. The van der Waals surface area contributed by atoms with Gasteiger partial charge >= 0.3 is 0 Å². The van der Waals surface area contributed by atoms with Gasteiger partial charge in [-0.15, -0.1) is 0 Å². The molecule has 0 aliphatic rings. The first kappa shape index (κ1) is 34.5. The molecular weight excluding hydrogens is 718 g/mol. The monoisotopic (exact) mass is 747 g/mol. The first-order chi connectivity index (χ1) is 23.2. The molecule has 0 bridgehead atoms. The zero-order valence-electron chi connectivity index (χ0n) is 26.0. The SMILES string of the molecule is COc1ccc(S(=O)(=O)N(Cc2ccccc2)c2ccccc2C(=O)N/N=C\c2cc(Br)c(OCc3ccccc3Cl)c(OC)c2)cc1. The van der Waals surface area contributed by atoms with Crippen molar-refractivity contribution in [1.29, 1.82) is 0 Å². The Bertz CT molecular complexity index is 2030. The van der Waals surface area contributed by atoms with Crippen molar-refractivity contribution in [3.63, 3.8) is 0 Å². The van der Waals surface area contributed by atoms with Crippen LogP contribution in [0.4, 0.5) is 5.69 Å². The van der Waals surface area contributed by atoms with Crippen LogP contribution < -0.4 is 23.9 Å². The average Bonchev–Trinajstić information content (AvgIpc) is 3.11. The molecule has 0 saturated carbocycles. The average molecular weight is 749 g/mol. The fourth-order valence-corrected chi connectivity index (χ4v) is 6.99. The van der Waals surface area contributed by atoms with E-state index in [-0.39, 0.29) is 29.3 Å². The number of amides is 1. The molecule has 9 nitrogen and oxygen atoms in total. The number of sulfonamides is 1. The lowest BCUT2D eigenvalue weighted by atomic mass is 10.1. The number of para-hydroxylation sites is 1. The van der Waals surface area contributed by atoms with Crippen molar-refractivity contribution in [2.75, 3.05) is 18.5 Å². The van der Waals surface area contributed by atoms with E-state index in [9.17, 15) is 13.2 Å². The van der Waals surface area contributed by atoms with Crippen LogP contribution in [0.25, 0.3) is 0 Å². The second-order valence-electron chi connectivity index (χ2n) is 10.3. The Kier molecular flexibility index (Phi) is 11.4. The van der Waals surface area contributed by atoms with E-state index in [4.69, 9.17) is 25.8 Å². The maximum Gasteiger partial charge on any atom is 0.273 e. The second-order valence-corrected chi connectivity index (χ2v) is 13.4. The summed E-state index contributed by atoms with van der Waals surface area (Å²) in [5.74, 6) is 0.833. The van der Waals surface area contributed by atoms with Crippen LogP contribution in [-0.4, -0.2) is 34.8 Å². The minimum Gasteiger partial charge on any atom is -0.497 e. The fraction of sp³-hybridized carbons (Fsp3) is 0.111. The number of methoxy groups -OCH3 is 2. The molecule has 246 valence electrons. The van der Waals surface area contributed by atoms with Gasteiger partial charge < -0.3 is 14.2 Å². The molecule has 12 heteroatoms. The summed E-state index contributed by atoms with van der Waals surface area (Å²) in [5, 5.41) is 4.74. The highest BCUT2D eigenvalue weighted by Crippen LogP contribution is 2.37. The van der Waals surface area contributed by atoms with E-state index in [1.165, 1.54) is 36.9 Å². The van der Waals surface area contributed by atoms with E-state index in [1.807, 2.05) is 48.5 Å². The molecule has 0 radical (unpaired) electrons. The fourth-order valence-electron chi connectivity index (χ4n) is 4.75. The van der Waals surface area contributed by atoms with Gasteiger partial charge in [0.15, 0.2) is 11.5 Å². The predicted octanol–water partition coefficient (Wildman–Crippen LogP) is 7.86. The predicted molar refractivity (Wildman–Crippen MR) is 191 cm³/mol. The van der Waals surface area contributed by atoms with Crippen molar-refractivity contribution in [1.82, 2.24) is 5.43 Å². The van der Waals surface area contributed by atoms with Crippen molar-refractivity contribution in [3.05, 3.63) is 147 Å². The van der Waals surface area contributed by atoms with Crippen LogP contribution in [0.2, 0.25) is 5.02 Å². The van der Waals surface area contributed by atoms with Gasteiger partial charge in [-0.2, -0.15) is 5.10 Å². The number of rotatable bonds is 13. The van der Waals surface area contributed by atoms with Crippen molar-refractivity contribution in [3.8, 4) is 17.2 Å². The Balaban J connectivity index is 1.39. The molecule has 0 saturated heterocycles. The molecule has 0 aliphatic heterocycles. The second kappa shape index (κ2) is 15.8. The van der Waals surface area contributed by atoms with Gasteiger partial charge in [0.2, 0.25) is 0 Å². The molecular formula is C36H31BrClN3O6S. The third kappa shape index (κ3) is 8.17. The summed E-state index contributed by atoms with van der Waals surface area (Å²) in [4.78, 5) is 13.6. The molecule has 0 spiro atoms. The van der Waals surface area contributed by atoms with Gasteiger partial charge in [0.1, 0.15) is 12.4 Å². The molecule has 0 atom stereocenters. The molecule has 1 amide bonds. The number of halogens is 2. The lowest BCUT2D eigenvalue weighted by Gasteiger charge is -2.26. The smallest absolute Gasteiger partial charge is 0.273 e. The first-order valence-corrected chi connectivity index (χ1v) is 17.2. The van der Waals surface area contributed by atoms with Crippen LogP contribution in [0, 0.1) is 0 Å². The summed E-state index contributed by atoms with van der Waals surface area (Å²) >= 11 is 9.80. The molecule has 1 N–H and O–H groups in total. The van der Waals surface area contributed by atoms with Crippen molar-refractivity contribution < 1.29 is 27.4 Å². The first-order valence-electron chi connectivity index (χ1n) is 14.6. The number of carbonyl (C=O) groups is 1. The third-order valence-electron chi connectivity index (χ3n) is 7.20. The van der Waals surface area contributed by atoms with E-state index in [0.717, 1.165) is 11.1 Å². The maximum atomic E-state index is 14.1. The number of carbonyl (C=O) groups excluding carboxylic acids is 1. The quantitative estimate of drug-likeness (QED) is 0.0972. The Labute approximate surface area is 292 Å². The Morgan fingerprint density at radius 3 is 2.29 bits per heavy atom. The highest BCUT2D eigenvalue weighted by Gasteiger charge is 2.29. The minimum atomic E-state index is -4.12. The maximum absolute atomic E-state index is 14.1. The van der Waals surface area contributed by atoms with Crippen LogP contribution in [0.15, 0.2) is 130 Å². The van der Waals surface area contributed by atoms with Gasteiger partial charge in [0.25, 0.3) is 15.9 Å². The van der Waals surface area contributed by atoms with Crippen molar-refractivity contribution >= 4 is 55.4 Å². The number of hydrogen-bond donors (Lipinski definition) is 1. The normalized spacial score (nSPS) is 11.2. The zero-order chi connectivity index (χ0) is 34.1. The molecule has 5 aromatic rings. The summed E-state index contributed by atoms with van der Waals surface area (Å²) in [6, 6.07) is 32.6. The zero-order valence-corrected chi connectivity index (χ0v) is 29.1. The van der Waals surface area contributed by atoms with Gasteiger partial charge in [0.05, 0.1) is 47.6 Å². The van der Waals surface area contributed by atoms with Crippen molar-refractivity contribution in [2.45, 2.75) is 18.0 Å². The summed E-state index contributed by atoms with van der Waals surface area (Å²) in [6.45, 7) is 0.217. The lowest BCUT2D eigenvalue weighted by Crippen LogP contribution is -2.33. The highest BCUT2D eigenvalue weighted by molar-refractivity contribution is 9.10. The van der Waals surface area contributed by atoms with Gasteiger partial charge in [-0.05, 0) is 81.7 Å². The Morgan fingerprint density at radius 2 is 1.58 bits per heavy atom. The summed E-state index contributed by atoms with van der Waals surface area (Å²) in [6.07, 6.45) is 1.45. The van der Waals surface area contributed by atoms with Crippen molar-refractivity contribution in [2.24, 2.45) is 5.10 Å². The minimum absolute atomic E-state index is 0.0124. The number of nitrogens with zero attached hydrogens (tertiary/aromatic N) is 2. The summed E-state index contributed by atoms with van der Waals surface area (Å²) in [7, 11) is -1.09. The number of hydrogen-bond acceptors (Lipinski definition) is 7. The Hall–Kier alpha value is -4.84. The number of hydrazone groups is 1. The third-order valence-corrected chi connectivity index (χ3v) is 9.93. The number of anilines is 1. The van der Waals surface area contributed by atoms with E-state index >= 15 is 0 Å². The Morgan fingerprint density at radius 1 is 0.896 bits per heavy atom. The van der Waals surface area contributed by atoms with Gasteiger partial charge in [-0.25, -0.2) is 13.8 Å². The molecule has 0 fully saturated rings. The van der Waals surface area contributed by atoms with Crippen LogP contribution in [0.1, 0.15) is 27.0 Å². The molecule has 48 heavy (non-hydrogen) atoms. The standard InChI is InChI=1S/C36H31BrClN3O6S/c1-45-28-16-18-29(19-17-28)48(43,44)41(23-25-10-4-3-5-11-25)33-15-9-7-13-30(33)36(42)40-39-22-26-20-31(37)35(34(21-26)46-2)47-24-27-12-6-8-14-32(27)38/h3-22H,23-24H2,1-2H3,(H,40,42)/b39-22-. The van der Waals surface area contributed by atoms with Crippen LogP contribution >= 0.6 is 27.5 Å². The summed E-state index contributed by atoms with van der Waals surface area (Å²) < 4.78 is 46.7. The number of benzene rings is 5. The van der Waals surface area contributed by atoms with Gasteiger partial charge in [-0.3, -0.25) is 9.10 Å². The van der Waals surface area contributed by atoms with Gasteiger partial charge in [0, 0.05) is 10.6 Å².